The maximum atomic E-state index is 5.26. The quantitative estimate of drug-likeness (QED) is 0.634. The molecule has 0 atom stereocenters. The highest BCUT2D eigenvalue weighted by Gasteiger charge is 2.16. The largest absolute Gasteiger partial charge is 0.381 e. The van der Waals surface area contributed by atoms with Crippen LogP contribution in [-0.2, 0) is 4.74 Å². The highest BCUT2D eigenvalue weighted by atomic mass is 16.5. The van der Waals surface area contributed by atoms with Crippen LogP contribution >= 0.6 is 0 Å². The maximum absolute atomic E-state index is 5.26. The summed E-state index contributed by atoms with van der Waals surface area (Å²) in [6.45, 7) is 9.84. The lowest BCUT2D eigenvalue weighted by Crippen LogP contribution is -2.36. The number of piperidine rings is 1. The van der Waals surface area contributed by atoms with Crippen LogP contribution in [0.25, 0.3) is 0 Å². The average Bonchev–Trinajstić information content (AvgIpc) is 2.21. The Balaban J connectivity index is 0.000000561. The van der Waals surface area contributed by atoms with Crippen molar-refractivity contribution >= 4 is 0 Å². The molecule has 0 aromatic carbocycles. The number of methoxy groups -OCH3 is 1. The lowest BCUT2D eigenvalue weighted by atomic mass is 10.1. The minimum atomic E-state index is 0.530. The molecule has 2 nitrogen and oxygen atoms in total. The van der Waals surface area contributed by atoms with Crippen molar-refractivity contribution in [2.45, 2.75) is 39.7 Å². The molecular weight excluding hydrogens is 150 g/mol. The van der Waals surface area contributed by atoms with Crippen molar-refractivity contribution in [3.05, 3.63) is 0 Å². The number of likely N-dealkylation sites (tertiary alicyclic amines) is 1. The van der Waals surface area contributed by atoms with Crippen molar-refractivity contribution in [2.75, 3.05) is 26.7 Å². The van der Waals surface area contributed by atoms with Gasteiger partial charge in [0.2, 0.25) is 0 Å². The lowest BCUT2D eigenvalue weighted by molar-refractivity contribution is 0.0427. The SMILES string of the molecule is CC.CCN1CCC(OC)CC1. The van der Waals surface area contributed by atoms with Gasteiger partial charge in [-0.2, -0.15) is 0 Å². The van der Waals surface area contributed by atoms with Gasteiger partial charge in [-0.1, -0.05) is 20.8 Å². The molecule has 0 bridgehead atoms. The minimum Gasteiger partial charge on any atom is -0.381 e. The molecule has 0 aliphatic carbocycles. The van der Waals surface area contributed by atoms with Gasteiger partial charge >= 0.3 is 0 Å². The molecule has 0 radical (unpaired) electrons. The normalized spacial score (nSPS) is 20.0. The first-order valence-electron chi connectivity index (χ1n) is 5.12. The van der Waals surface area contributed by atoms with E-state index in [4.69, 9.17) is 4.74 Å². The number of ether oxygens (including phenoxy) is 1. The van der Waals surface area contributed by atoms with E-state index in [2.05, 4.69) is 11.8 Å². The predicted octanol–water partition coefficient (Wildman–Crippen LogP) is 2.14. The van der Waals surface area contributed by atoms with Crippen molar-refractivity contribution in [2.24, 2.45) is 0 Å². The van der Waals surface area contributed by atoms with E-state index in [0.717, 1.165) is 0 Å². The van der Waals surface area contributed by atoms with Crippen LogP contribution < -0.4 is 0 Å². The fourth-order valence-electron chi connectivity index (χ4n) is 1.46. The van der Waals surface area contributed by atoms with Crippen LogP contribution in [0.4, 0.5) is 0 Å². The summed E-state index contributed by atoms with van der Waals surface area (Å²) < 4.78 is 5.26. The molecule has 0 unspecified atom stereocenters. The third kappa shape index (κ3) is 4.07. The first-order valence-corrected chi connectivity index (χ1v) is 5.12. The number of rotatable bonds is 2. The van der Waals surface area contributed by atoms with Crippen molar-refractivity contribution in [3.63, 3.8) is 0 Å². The first kappa shape index (κ1) is 11.9. The molecule has 1 aliphatic rings. The van der Waals surface area contributed by atoms with Crippen molar-refractivity contribution in [3.8, 4) is 0 Å². The molecule has 0 saturated carbocycles. The van der Waals surface area contributed by atoms with Gasteiger partial charge in [0, 0.05) is 20.2 Å². The molecule has 1 saturated heterocycles. The summed E-state index contributed by atoms with van der Waals surface area (Å²) in [4.78, 5) is 2.47. The molecule has 1 rings (SSSR count). The fourth-order valence-corrected chi connectivity index (χ4v) is 1.46. The van der Waals surface area contributed by atoms with Gasteiger partial charge in [-0.15, -0.1) is 0 Å². The van der Waals surface area contributed by atoms with E-state index < -0.39 is 0 Å². The van der Waals surface area contributed by atoms with E-state index in [1.165, 1.54) is 32.5 Å². The predicted molar refractivity (Wildman–Crippen MR) is 53.5 cm³/mol. The number of hydrogen-bond acceptors (Lipinski definition) is 2. The molecule has 0 aromatic rings. The summed E-state index contributed by atoms with van der Waals surface area (Å²) in [5, 5.41) is 0. The highest BCUT2D eigenvalue weighted by Crippen LogP contribution is 2.11. The second kappa shape index (κ2) is 7.56. The van der Waals surface area contributed by atoms with Gasteiger partial charge < -0.3 is 9.64 Å². The van der Waals surface area contributed by atoms with E-state index >= 15 is 0 Å². The van der Waals surface area contributed by atoms with Crippen LogP contribution in [0.3, 0.4) is 0 Å². The summed E-state index contributed by atoms with van der Waals surface area (Å²) in [6.07, 6.45) is 2.96. The molecule has 1 aliphatic heterocycles. The van der Waals surface area contributed by atoms with Crippen LogP contribution in [0.5, 0.6) is 0 Å². The Bertz CT molecular complexity index is 75.8. The zero-order chi connectivity index (χ0) is 9.40. The van der Waals surface area contributed by atoms with Gasteiger partial charge in [-0.05, 0) is 19.4 Å². The fraction of sp³-hybridized carbons (Fsp3) is 1.00. The van der Waals surface area contributed by atoms with Gasteiger partial charge in [0.25, 0.3) is 0 Å². The molecule has 0 N–H and O–H groups in total. The summed E-state index contributed by atoms with van der Waals surface area (Å²) >= 11 is 0. The second-order valence-electron chi connectivity index (χ2n) is 2.87. The Hall–Kier alpha value is -0.0800. The van der Waals surface area contributed by atoms with Gasteiger partial charge in [0.1, 0.15) is 0 Å². The van der Waals surface area contributed by atoms with E-state index in [0.29, 0.717) is 6.10 Å². The molecule has 1 fully saturated rings. The zero-order valence-electron chi connectivity index (χ0n) is 8.97. The van der Waals surface area contributed by atoms with E-state index in [1.54, 1.807) is 0 Å². The Morgan fingerprint density at radius 1 is 1.25 bits per heavy atom. The van der Waals surface area contributed by atoms with Crippen molar-refractivity contribution in [1.82, 2.24) is 4.90 Å². The second-order valence-corrected chi connectivity index (χ2v) is 2.87. The summed E-state index contributed by atoms with van der Waals surface area (Å²) in [7, 11) is 1.81. The summed E-state index contributed by atoms with van der Waals surface area (Å²) in [5.74, 6) is 0. The molecule has 12 heavy (non-hydrogen) atoms. The third-order valence-electron chi connectivity index (χ3n) is 2.32. The van der Waals surface area contributed by atoms with Crippen molar-refractivity contribution < 1.29 is 4.74 Å². The van der Waals surface area contributed by atoms with Crippen LogP contribution in [0.2, 0.25) is 0 Å². The molecule has 1 heterocycles. The van der Waals surface area contributed by atoms with Crippen LogP contribution in [0, 0.1) is 0 Å². The molecule has 0 spiro atoms. The minimum absolute atomic E-state index is 0.530. The van der Waals surface area contributed by atoms with Crippen LogP contribution in [0.15, 0.2) is 0 Å². The number of hydrogen-bond donors (Lipinski definition) is 0. The smallest absolute Gasteiger partial charge is 0.0595 e. The molecule has 2 heteroatoms. The van der Waals surface area contributed by atoms with Crippen LogP contribution in [0.1, 0.15) is 33.6 Å². The molecular formula is C10H23NO. The van der Waals surface area contributed by atoms with Gasteiger partial charge in [0.15, 0.2) is 0 Å². The average molecular weight is 173 g/mol. The van der Waals surface area contributed by atoms with E-state index in [1.807, 2.05) is 21.0 Å². The monoisotopic (exact) mass is 173 g/mol. The van der Waals surface area contributed by atoms with E-state index in [9.17, 15) is 0 Å². The molecule has 0 amide bonds. The Morgan fingerprint density at radius 2 is 1.75 bits per heavy atom. The van der Waals surface area contributed by atoms with Crippen LogP contribution in [-0.4, -0.2) is 37.7 Å². The molecule has 74 valence electrons. The summed E-state index contributed by atoms with van der Waals surface area (Å²) in [5.41, 5.74) is 0. The third-order valence-corrected chi connectivity index (χ3v) is 2.32. The van der Waals surface area contributed by atoms with E-state index in [-0.39, 0.29) is 0 Å². The standard InChI is InChI=1S/C8H17NO.C2H6/c1-3-9-6-4-8(10-2)5-7-9;1-2/h8H,3-7H2,1-2H3;1-2H3. The topological polar surface area (TPSA) is 12.5 Å². The Morgan fingerprint density at radius 3 is 2.08 bits per heavy atom. The Labute approximate surface area is 76.9 Å². The maximum Gasteiger partial charge on any atom is 0.0595 e. The Kier molecular flexibility index (Phi) is 7.51. The lowest BCUT2D eigenvalue weighted by Gasteiger charge is -2.29. The van der Waals surface area contributed by atoms with Gasteiger partial charge in [-0.25, -0.2) is 0 Å². The highest BCUT2D eigenvalue weighted by molar-refractivity contribution is 4.70. The first-order chi connectivity index (χ1) is 5.86. The van der Waals surface area contributed by atoms with Gasteiger partial charge in [-0.3, -0.25) is 0 Å². The van der Waals surface area contributed by atoms with Gasteiger partial charge in [0.05, 0.1) is 6.10 Å². The summed E-state index contributed by atoms with van der Waals surface area (Å²) in [6, 6.07) is 0. The van der Waals surface area contributed by atoms with Crippen molar-refractivity contribution in [1.29, 1.82) is 0 Å². The number of nitrogens with zero attached hydrogens (tertiary/aromatic N) is 1. The zero-order valence-corrected chi connectivity index (χ0v) is 8.97. The molecule has 0 aromatic heterocycles.